The Labute approximate surface area is 146 Å². The highest BCUT2D eigenvalue weighted by Gasteiger charge is 2.19. The predicted octanol–water partition coefficient (Wildman–Crippen LogP) is 0.922. The van der Waals surface area contributed by atoms with E-state index in [0.29, 0.717) is 12.0 Å². The number of hydrogen-bond acceptors (Lipinski definition) is 6. The van der Waals surface area contributed by atoms with Gasteiger partial charge in [0.15, 0.2) is 0 Å². The number of unbranched alkanes of at least 4 members (excludes halogenated alkanes) is 1. The Hall–Kier alpha value is -1.50. The highest BCUT2D eigenvalue weighted by atomic mass is 32.2. The van der Waals surface area contributed by atoms with Gasteiger partial charge in [-0.3, -0.25) is 4.57 Å². The number of nitrogens with zero attached hydrogens (tertiary/aromatic N) is 2. The first-order valence-electron chi connectivity index (χ1n) is 7.89. The molecule has 0 spiro atoms. The van der Waals surface area contributed by atoms with Crippen LogP contribution in [-0.2, 0) is 10.0 Å². The van der Waals surface area contributed by atoms with Gasteiger partial charge in [0.2, 0.25) is 10.0 Å². The van der Waals surface area contributed by atoms with Crippen molar-refractivity contribution in [2.75, 3.05) is 23.8 Å². The van der Waals surface area contributed by atoms with Crippen molar-refractivity contribution >= 4 is 27.6 Å². The zero-order chi connectivity index (χ0) is 17.6. The zero-order valence-electron chi connectivity index (χ0n) is 13.6. The van der Waals surface area contributed by atoms with Gasteiger partial charge in [-0.05, 0) is 25.0 Å². The summed E-state index contributed by atoms with van der Waals surface area (Å²) >= 11 is 1.71. The molecule has 7 nitrogen and oxygen atoms in total. The second-order valence-electron chi connectivity index (χ2n) is 5.49. The average molecular weight is 371 g/mol. The van der Waals surface area contributed by atoms with Crippen LogP contribution in [-0.4, -0.2) is 36.0 Å². The third-order valence-electron chi connectivity index (χ3n) is 3.57. The number of nitrogen functional groups attached to an aromatic ring is 1. The van der Waals surface area contributed by atoms with Gasteiger partial charge in [0.25, 0.3) is 0 Å². The molecule has 24 heavy (non-hydrogen) atoms. The van der Waals surface area contributed by atoms with Gasteiger partial charge in [0.05, 0.1) is 23.2 Å². The Balaban J connectivity index is 2.07. The molecule has 0 aliphatic carbocycles. The molecule has 2 rings (SSSR count). The summed E-state index contributed by atoms with van der Waals surface area (Å²) in [4.78, 5) is 15.8. The third kappa shape index (κ3) is 5.26. The number of nitrogens with one attached hydrogen (secondary N) is 1. The van der Waals surface area contributed by atoms with Gasteiger partial charge < -0.3 is 5.73 Å². The number of anilines is 1. The minimum atomic E-state index is -3.29. The molecular weight excluding hydrogens is 348 g/mol. The molecule has 2 heterocycles. The summed E-state index contributed by atoms with van der Waals surface area (Å²) in [5.74, 6) is 6.71. The van der Waals surface area contributed by atoms with E-state index in [1.54, 1.807) is 22.5 Å². The molecule has 0 amide bonds. The lowest BCUT2D eigenvalue weighted by Gasteiger charge is -2.12. The lowest BCUT2D eigenvalue weighted by atomic mass is 10.3. The van der Waals surface area contributed by atoms with Gasteiger partial charge in [0, 0.05) is 6.20 Å². The maximum Gasteiger partial charge on any atom is 0.350 e. The molecule has 0 unspecified atom stereocenters. The summed E-state index contributed by atoms with van der Waals surface area (Å²) in [7, 11) is -3.29. The van der Waals surface area contributed by atoms with E-state index in [1.807, 2.05) is 6.92 Å². The quantitative estimate of drug-likeness (QED) is 0.721. The molecular formula is C15H22N4O3S2. The maximum absolute atomic E-state index is 12.0. The second kappa shape index (κ2) is 8.55. The predicted molar refractivity (Wildman–Crippen MR) is 97.2 cm³/mol. The van der Waals surface area contributed by atoms with Crippen molar-refractivity contribution in [3.63, 3.8) is 0 Å². The van der Waals surface area contributed by atoms with E-state index in [0.717, 1.165) is 25.0 Å². The molecule has 1 atom stereocenters. The fourth-order valence-electron chi connectivity index (χ4n) is 2.26. The summed E-state index contributed by atoms with van der Waals surface area (Å²) in [6.07, 6.45) is 5.03. The first-order chi connectivity index (χ1) is 11.4. The smallest absolute Gasteiger partial charge is 0.350 e. The SMILES string of the molecule is CCCCS(=O)(=O)NCC#Cc1cn([C@@H]2CCCS2)c(=O)nc1N. The van der Waals surface area contributed by atoms with Crippen LogP contribution in [0.2, 0.25) is 0 Å². The Morgan fingerprint density at radius 2 is 2.33 bits per heavy atom. The van der Waals surface area contributed by atoms with Crippen LogP contribution in [0.15, 0.2) is 11.0 Å². The van der Waals surface area contributed by atoms with Gasteiger partial charge in [-0.25, -0.2) is 17.9 Å². The van der Waals surface area contributed by atoms with E-state index < -0.39 is 10.0 Å². The third-order valence-corrected chi connectivity index (χ3v) is 6.35. The van der Waals surface area contributed by atoms with Crippen LogP contribution >= 0.6 is 11.8 Å². The lowest BCUT2D eigenvalue weighted by molar-refractivity contribution is 0.582. The molecule has 0 radical (unpaired) electrons. The van der Waals surface area contributed by atoms with Crippen LogP contribution in [0.3, 0.4) is 0 Å². The van der Waals surface area contributed by atoms with Crippen LogP contribution in [0.25, 0.3) is 0 Å². The number of aromatic nitrogens is 2. The van der Waals surface area contributed by atoms with Gasteiger partial charge in [-0.15, -0.1) is 11.8 Å². The number of thioether (sulfide) groups is 1. The Morgan fingerprint density at radius 3 is 3.00 bits per heavy atom. The number of rotatable bonds is 6. The fraction of sp³-hybridized carbons (Fsp3) is 0.600. The van der Waals surface area contributed by atoms with Crippen LogP contribution in [0.5, 0.6) is 0 Å². The lowest BCUT2D eigenvalue weighted by Crippen LogP contribution is -2.27. The molecule has 1 aliphatic rings. The normalized spacial score (nSPS) is 17.5. The Morgan fingerprint density at radius 1 is 1.54 bits per heavy atom. The van der Waals surface area contributed by atoms with Gasteiger partial charge in [-0.2, -0.15) is 4.98 Å². The minimum Gasteiger partial charge on any atom is -0.382 e. The van der Waals surface area contributed by atoms with E-state index in [1.165, 1.54) is 0 Å². The Kier molecular flexibility index (Phi) is 6.71. The summed E-state index contributed by atoms with van der Waals surface area (Å²) in [5, 5.41) is 0.0682. The van der Waals surface area contributed by atoms with Crippen molar-refractivity contribution in [3.8, 4) is 11.8 Å². The first kappa shape index (κ1) is 18.8. The van der Waals surface area contributed by atoms with E-state index >= 15 is 0 Å². The van der Waals surface area contributed by atoms with E-state index in [2.05, 4.69) is 21.5 Å². The van der Waals surface area contributed by atoms with Crippen LogP contribution in [0, 0.1) is 11.8 Å². The number of sulfonamides is 1. The van der Waals surface area contributed by atoms with Gasteiger partial charge >= 0.3 is 5.69 Å². The van der Waals surface area contributed by atoms with Crippen molar-refractivity contribution in [2.45, 2.75) is 38.0 Å². The maximum atomic E-state index is 12.0. The standard InChI is InChI=1S/C15H22N4O3S2/c1-2-3-10-24(21,22)17-8-4-6-12-11-19(13-7-5-9-23-13)15(20)18-14(12)16/h11,13,17H,2-3,5,7-10H2,1H3,(H2,16,18,20)/t13-/m0/s1. The largest absolute Gasteiger partial charge is 0.382 e. The monoisotopic (exact) mass is 370 g/mol. The molecule has 1 aromatic heterocycles. The van der Waals surface area contributed by atoms with Gasteiger partial charge in [0.1, 0.15) is 5.82 Å². The van der Waals surface area contributed by atoms with Crippen LogP contribution in [0.1, 0.15) is 43.5 Å². The molecule has 9 heteroatoms. The van der Waals surface area contributed by atoms with Gasteiger partial charge in [-0.1, -0.05) is 25.2 Å². The minimum absolute atomic E-state index is 0.00277. The second-order valence-corrected chi connectivity index (χ2v) is 8.70. The van der Waals surface area contributed by atoms with Crippen molar-refractivity contribution in [1.82, 2.24) is 14.3 Å². The molecule has 0 aromatic carbocycles. The van der Waals surface area contributed by atoms with Crippen molar-refractivity contribution in [3.05, 3.63) is 22.2 Å². The molecule has 1 saturated heterocycles. The molecule has 132 valence electrons. The summed E-state index contributed by atoms with van der Waals surface area (Å²) < 4.78 is 27.3. The van der Waals surface area contributed by atoms with Crippen LogP contribution in [0.4, 0.5) is 5.82 Å². The topological polar surface area (TPSA) is 107 Å². The summed E-state index contributed by atoms with van der Waals surface area (Å²) in [6, 6.07) is 0. The highest BCUT2D eigenvalue weighted by Crippen LogP contribution is 2.34. The summed E-state index contributed by atoms with van der Waals surface area (Å²) in [6.45, 7) is 1.94. The fourth-order valence-corrected chi connectivity index (χ4v) is 4.61. The molecule has 0 bridgehead atoms. The zero-order valence-corrected chi connectivity index (χ0v) is 15.3. The molecule has 1 aromatic rings. The molecule has 1 fully saturated rings. The van der Waals surface area contributed by atoms with Crippen molar-refractivity contribution in [1.29, 1.82) is 0 Å². The average Bonchev–Trinajstić information content (AvgIpc) is 3.05. The van der Waals surface area contributed by atoms with Crippen molar-refractivity contribution < 1.29 is 8.42 Å². The molecule has 3 N–H and O–H groups in total. The molecule has 1 aliphatic heterocycles. The number of nitrogens with two attached hydrogens (primary N) is 1. The molecule has 0 saturated carbocycles. The first-order valence-corrected chi connectivity index (χ1v) is 10.6. The van der Waals surface area contributed by atoms with E-state index in [4.69, 9.17) is 5.73 Å². The Bertz CT molecular complexity index is 787. The highest BCUT2D eigenvalue weighted by molar-refractivity contribution is 7.99. The van der Waals surface area contributed by atoms with Crippen molar-refractivity contribution in [2.24, 2.45) is 0 Å². The number of hydrogen-bond donors (Lipinski definition) is 2. The van der Waals surface area contributed by atoms with E-state index in [9.17, 15) is 13.2 Å². The van der Waals surface area contributed by atoms with Crippen LogP contribution < -0.4 is 16.1 Å². The summed E-state index contributed by atoms with van der Waals surface area (Å²) in [5.41, 5.74) is 5.81. The van der Waals surface area contributed by atoms with E-state index in [-0.39, 0.29) is 29.2 Å².